The van der Waals surface area contributed by atoms with Crippen molar-refractivity contribution in [2.24, 2.45) is 0 Å². The molecule has 0 unspecified atom stereocenters. The van der Waals surface area contributed by atoms with Crippen LogP contribution in [0, 0.1) is 11.6 Å². The first-order valence-corrected chi connectivity index (χ1v) is 14.1. The minimum absolute atomic E-state index is 0.0649. The van der Waals surface area contributed by atoms with E-state index in [0.717, 1.165) is 41.1 Å². The highest BCUT2D eigenvalue weighted by molar-refractivity contribution is 5.78. The van der Waals surface area contributed by atoms with Crippen LogP contribution in [0.1, 0.15) is 57.6 Å². The van der Waals surface area contributed by atoms with Gasteiger partial charge in [0.05, 0.1) is 36.4 Å². The van der Waals surface area contributed by atoms with Crippen LogP contribution in [-0.4, -0.2) is 64.8 Å². The molecule has 0 aliphatic carbocycles. The van der Waals surface area contributed by atoms with Crippen molar-refractivity contribution < 1.29 is 32.6 Å². The molecule has 3 atom stereocenters. The molecule has 2 aromatic heterocycles. The number of aromatic nitrogens is 2. The van der Waals surface area contributed by atoms with Gasteiger partial charge in [0.15, 0.2) is 0 Å². The van der Waals surface area contributed by atoms with E-state index in [1.54, 1.807) is 46.2 Å². The number of halogens is 2. The molecule has 1 aliphatic rings. The number of rotatable bonds is 10. The lowest BCUT2D eigenvalue weighted by Gasteiger charge is -2.42. The Balaban J connectivity index is 1.49. The molecule has 1 aliphatic heterocycles. The van der Waals surface area contributed by atoms with Crippen molar-refractivity contribution in [3.8, 4) is 5.88 Å². The van der Waals surface area contributed by atoms with E-state index in [1.807, 2.05) is 12.1 Å². The van der Waals surface area contributed by atoms with Crippen molar-refractivity contribution in [2.75, 3.05) is 13.7 Å². The third-order valence-electron chi connectivity index (χ3n) is 7.08. The summed E-state index contributed by atoms with van der Waals surface area (Å²) in [4.78, 5) is 35.4. The SMILES string of the molecule is COc1ccc2nccc(CC[C@@H]3CC[C@@H](N(C/C=C/c4cc(F)ccc4F)C(=O)OC(C)(C)C)[C@@H](CC=O)O3)c2n1. The van der Waals surface area contributed by atoms with E-state index < -0.39 is 35.5 Å². The van der Waals surface area contributed by atoms with Crippen molar-refractivity contribution in [3.05, 3.63) is 71.4 Å². The highest BCUT2D eigenvalue weighted by Gasteiger charge is 2.38. The minimum atomic E-state index is -0.754. The molecule has 42 heavy (non-hydrogen) atoms. The van der Waals surface area contributed by atoms with Gasteiger partial charge >= 0.3 is 6.09 Å². The molecule has 0 bridgehead atoms. The van der Waals surface area contributed by atoms with Gasteiger partial charge < -0.3 is 19.0 Å². The molecule has 3 heterocycles. The highest BCUT2D eigenvalue weighted by Crippen LogP contribution is 2.30. The number of benzene rings is 1. The normalized spacial score (nSPS) is 19.1. The van der Waals surface area contributed by atoms with Gasteiger partial charge in [-0.1, -0.05) is 12.2 Å². The first-order valence-electron chi connectivity index (χ1n) is 14.1. The summed E-state index contributed by atoms with van der Waals surface area (Å²) in [5.74, 6) is -0.627. The van der Waals surface area contributed by atoms with Gasteiger partial charge in [0.1, 0.15) is 23.5 Å². The molecule has 1 fully saturated rings. The monoisotopic (exact) mass is 581 g/mol. The smallest absolute Gasteiger partial charge is 0.410 e. The summed E-state index contributed by atoms with van der Waals surface area (Å²) in [6.45, 7) is 5.37. The van der Waals surface area contributed by atoms with Gasteiger partial charge in [-0.3, -0.25) is 9.88 Å². The maximum absolute atomic E-state index is 14.2. The van der Waals surface area contributed by atoms with Gasteiger partial charge in [0.2, 0.25) is 5.88 Å². The van der Waals surface area contributed by atoms with Crippen LogP contribution in [0.2, 0.25) is 0 Å². The van der Waals surface area contributed by atoms with E-state index in [4.69, 9.17) is 14.2 Å². The summed E-state index contributed by atoms with van der Waals surface area (Å²) >= 11 is 0. The minimum Gasteiger partial charge on any atom is -0.481 e. The number of carbonyl (C=O) groups is 2. The average molecular weight is 582 g/mol. The lowest BCUT2D eigenvalue weighted by molar-refractivity contribution is -0.122. The standard InChI is InChI=1S/C32H37F2N3O5/c1-32(2,3)42-31(39)37(18-5-6-22-20-23(33)8-11-25(22)34)27-13-10-24(41-28(27)16-19-38)9-7-21-15-17-35-26-12-14-29(40-4)36-30(21)26/h5-6,8,11-12,14-15,17,19-20,24,27-28H,7,9-10,13,16,18H2,1-4H3/b6-5+/t24-,27-,28-/m1/s1. The second-order valence-corrected chi connectivity index (χ2v) is 11.3. The summed E-state index contributed by atoms with van der Waals surface area (Å²) in [5, 5.41) is 0. The van der Waals surface area contributed by atoms with Crippen molar-refractivity contribution in [3.63, 3.8) is 0 Å². The molecule has 4 rings (SSSR count). The Hall–Kier alpha value is -3.92. The van der Waals surface area contributed by atoms with E-state index in [2.05, 4.69) is 9.97 Å². The summed E-state index contributed by atoms with van der Waals surface area (Å²) in [5.41, 5.74) is 1.88. The van der Waals surface area contributed by atoms with Crippen LogP contribution in [0.4, 0.5) is 13.6 Å². The van der Waals surface area contributed by atoms with Crippen molar-refractivity contribution in [1.82, 2.24) is 14.9 Å². The highest BCUT2D eigenvalue weighted by atomic mass is 19.1. The number of hydrogen-bond donors (Lipinski definition) is 0. The summed E-state index contributed by atoms with van der Waals surface area (Å²) in [6, 6.07) is 8.31. The Labute approximate surface area is 244 Å². The maximum Gasteiger partial charge on any atom is 0.410 e. The molecule has 1 saturated heterocycles. The fourth-order valence-corrected chi connectivity index (χ4v) is 5.12. The average Bonchev–Trinajstić information content (AvgIpc) is 2.95. The maximum atomic E-state index is 14.2. The number of methoxy groups -OCH3 is 1. The van der Waals surface area contributed by atoms with Crippen LogP contribution in [0.5, 0.6) is 5.88 Å². The molecule has 1 aromatic carbocycles. The Kier molecular flexibility index (Phi) is 10.2. The molecule has 10 heteroatoms. The zero-order valence-electron chi connectivity index (χ0n) is 24.4. The third kappa shape index (κ3) is 8.09. The van der Waals surface area contributed by atoms with Gasteiger partial charge in [-0.05, 0) is 82.3 Å². The molecule has 0 N–H and O–H groups in total. The number of carbonyl (C=O) groups excluding carboxylic acids is 2. The number of hydrogen-bond acceptors (Lipinski definition) is 7. The molecule has 0 saturated carbocycles. The van der Waals surface area contributed by atoms with E-state index in [9.17, 15) is 18.4 Å². The molecular weight excluding hydrogens is 544 g/mol. The topological polar surface area (TPSA) is 90.8 Å². The fourth-order valence-electron chi connectivity index (χ4n) is 5.12. The number of amides is 1. The number of fused-ring (bicyclic) bond motifs is 1. The largest absolute Gasteiger partial charge is 0.481 e. The van der Waals surface area contributed by atoms with Crippen LogP contribution in [0.15, 0.2) is 48.7 Å². The zero-order valence-corrected chi connectivity index (χ0v) is 24.4. The second-order valence-electron chi connectivity index (χ2n) is 11.3. The Morgan fingerprint density at radius 1 is 1.17 bits per heavy atom. The second kappa shape index (κ2) is 13.8. The first-order chi connectivity index (χ1) is 20.1. The lowest BCUT2D eigenvalue weighted by atomic mass is 9.92. The van der Waals surface area contributed by atoms with Crippen LogP contribution in [0.3, 0.4) is 0 Å². The quantitative estimate of drug-likeness (QED) is 0.259. The summed E-state index contributed by atoms with van der Waals surface area (Å²) < 4.78 is 45.2. The van der Waals surface area contributed by atoms with Gasteiger partial charge in [0, 0.05) is 30.8 Å². The molecule has 224 valence electrons. The summed E-state index contributed by atoms with van der Waals surface area (Å²) in [7, 11) is 1.57. The van der Waals surface area contributed by atoms with E-state index in [0.29, 0.717) is 31.6 Å². The number of pyridine rings is 2. The van der Waals surface area contributed by atoms with Crippen LogP contribution < -0.4 is 4.74 Å². The summed E-state index contributed by atoms with van der Waals surface area (Å²) in [6.07, 6.45) is 6.98. The predicted octanol–water partition coefficient (Wildman–Crippen LogP) is 6.30. The number of aldehydes is 1. The first kappa shape index (κ1) is 31.0. The van der Waals surface area contributed by atoms with Crippen LogP contribution in [0.25, 0.3) is 17.1 Å². The van der Waals surface area contributed by atoms with E-state index in [1.165, 1.54) is 11.0 Å². The van der Waals surface area contributed by atoms with Crippen molar-refractivity contribution >= 4 is 29.5 Å². The predicted molar refractivity (Wildman–Crippen MR) is 155 cm³/mol. The Bertz CT molecular complexity index is 1430. The van der Waals surface area contributed by atoms with Gasteiger partial charge in [-0.2, -0.15) is 0 Å². The van der Waals surface area contributed by atoms with Crippen molar-refractivity contribution in [2.45, 2.75) is 76.7 Å². The van der Waals surface area contributed by atoms with Gasteiger partial charge in [-0.25, -0.2) is 18.6 Å². The van der Waals surface area contributed by atoms with Gasteiger partial charge in [-0.15, -0.1) is 0 Å². The number of nitrogens with zero attached hydrogens (tertiary/aromatic N) is 3. The molecule has 1 amide bonds. The van der Waals surface area contributed by atoms with E-state index in [-0.39, 0.29) is 24.6 Å². The molecular formula is C32H37F2N3O5. The molecule has 0 spiro atoms. The van der Waals surface area contributed by atoms with Crippen LogP contribution >= 0.6 is 0 Å². The Morgan fingerprint density at radius 3 is 2.71 bits per heavy atom. The number of aryl methyl sites for hydroxylation is 1. The zero-order chi connectivity index (χ0) is 30.3. The molecule has 8 nitrogen and oxygen atoms in total. The van der Waals surface area contributed by atoms with Crippen LogP contribution in [-0.2, 0) is 20.7 Å². The van der Waals surface area contributed by atoms with E-state index >= 15 is 0 Å². The third-order valence-corrected chi connectivity index (χ3v) is 7.08. The number of ether oxygens (including phenoxy) is 3. The lowest BCUT2D eigenvalue weighted by Crippen LogP contribution is -2.53. The fraction of sp³-hybridized carbons (Fsp3) is 0.438. The molecule has 0 radical (unpaired) electrons. The van der Waals surface area contributed by atoms with Gasteiger partial charge in [0.25, 0.3) is 0 Å². The molecule has 3 aromatic rings. The van der Waals surface area contributed by atoms with Crippen molar-refractivity contribution in [1.29, 1.82) is 0 Å². The Morgan fingerprint density at radius 2 is 1.98 bits per heavy atom.